The average molecular weight is 173 g/mol. The molecule has 0 saturated heterocycles. The van der Waals surface area contributed by atoms with Crippen molar-refractivity contribution in [1.29, 1.82) is 0 Å². The van der Waals surface area contributed by atoms with E-state index in [0.717, 1.165) is 19.4 Å². The van der Waals surface area contributed by atoms with Crippen molar-refractivity contribution >= 4 is 5.97 Å². The molecular formula is C9H19NO2. The minimum Gasteiger partial charge on any atom is -0.480 e. The second-order valence-corrected chi connectivity index (χ2v) is 3.36. The van der Waals surface area contributed by atoms with Gasteiger partial charge in [-0.25, -0.2) is 0 Å². The van der Waals surface area contributed by atoms with Gasteiger partial charge in [0.05, 0.1) is 0 Å². The van der Waals surface area contributed by atoms with Crippen LogP contribution in [0.25, 0.3) is 0 Å². The lowest BCUT2D eigenvalue weighted by molar-refractivity contribution is -0.139. The normalized spacial score (nSPS) is 15.6. The van der Waals surface area contributed by atoms with Crippen LogP contribution in [-0.4, -0.2) is 23.7 Å². The molecule has 0 aliphatic carbocycles. The van der Waals surface area contributed by atoms with Crippen molar-refractivity contribution in [2.24, 2.45) is 5.92 Å². The van der Waals surface area contributed by atoms with Gasteiger partial charge in [0.2, 0.25) is 0 Å². The van der Waals surface area contributed by atoms with Crippen LogP contribution in [0, 0.1) is 5.92 Å². The number of carboxylic acids is 1. The maximum Gasteiger partial charge on any atom is 0.320 e. The maximum absolute atomic E-state index is 10.4. The Kier molecular flexibility index (Phi) is 5.72. The van der Waals surface area contributed by atoms with E-state index in [1.165, 1.54) is 0 Å². The molecule has 0 aromatic heterocycles. The van der Waals surface area contributed by atoms with Crippen molar-refractivity contribution in [2.75, 3.05) is 6.54 Å². The van der Waals surface area contributed by atoms with Crippen LogP contribution in [0.15, 0.2) is 0 Å². The molecule has 2 unspecified atom stereocenters. The average Bonchev–Trinajstić information content (AvgIpc) is 2.00. The predicted octanol–water partition coefficient (Wildman–Crippen LogP) is 1.49. The van der Waals surface area contributed by atoms with E-state index < -0.39 is 12.0 Å². The van der Waals surface area contributed by atoms with Gasteiger partial charge in [-0.1, -0.05) is 20.3 Å². The second kappa shape index (κ2) is 6.00. The molecule has 0 rings (SSSR count). The first-order chi connectivity index (χ1) is 5.57. The molecule has 0 heterocycles. The van der Waals surface area contributed by atoms with E-state index in [0.29, 0.717) is 5.92 Å². The third-order valence-corrected chi connectivity index (χ3v) is 1.92. The van der Waals surface area contributed by atoms with Gasteiger partial charge in [0, 0.05) is 0 Å². The van der Waals surface area contributed by atoms with Gasteiger partial charge in [0.15, 0.2) is 0 Å². The number of hydrogen-bond acceptors (Lipinski definition) is 2. The summed E-state index contributed by atoms with van der Waals surface area (Å²) in [5.74, 6) is -0.213. The largest absolute Gasteiger partial charge is 0.480 e. The summed E-state index contributed by atoms with van der Waals surface area (Å²) in [7, 11) is 0. The van der Waals surface area contributed by atoms with E-state index in [2.05, 4.69) is 19.2 Å². The number of hydrogen-bond donors (Lipinski definition) is 2. The van der Waals surface area contributed by atoms with Crippen LogP contribution in [0.2, 0.25) is 0 Å². The van der Waals surface area contributed by atoms with Gasteiger partial charge >= 0.3 is 5.97 Å². The first kappa shape index (κ1) is 11.4. The molecule has 72 valence electrons. The zero-order valence-corrected chi connectivity index (χ0v) is 8.13. The van der Waals surface area contributed by atoms with Gasteiger partial charge in [0.1, 0.15) is 6.04 Å². The maximum atomic E-state index is 10.4. The van der Waals surface area contributed by atoms with Crippen molar-refractivity contribution in [1.82, 2.24) is 5.32 Å². The van der Waals surface area contributed by atoms with E-state index in [1.807, 2.05) is 0 Å². The third kappa shape index (κ3) is 5.13. The first-order valence-corrected chi connectivity index (χ1v) is 4.54. The Labute approximate surface area is 74.2 Å². The van der Waals surface area contributed by atoms with Crippen LogP contribution in [0.1, 0.15) is 33.6 Å². The number of rotatable bonds is 6. The molecule has 0 aliphatic rings. The van der Waals surface area contributed by atoms with E-state index in [1.54, 1.807) is 6.92 Å². The summed E-state index contributed by atoms with van der Waals surface area (Å²) < 4.78 is 0. The summed E-state index contributed by atoms with van der Waals surface area (Å²) in [5.41, 5.74) is 0. The summed E-state index contributed by atoms with van der Waals surface area (Å²) in [6.45, 7) is 6.73. The van der Waals surface area contributed by atoms with Crippen LogP contribution in [0.5, 0.6) is 0 Å². The van der Waals surface area contributed by atoms with Gasteiger partial charge in [-0.15, -0.1) is 0 Å². The van der Waals surface area contributed by atoms with Crippen molar-refractivity contribution in [3.8, 4) is 0 Å². The minimum absolute atomic E-state index is 0.427. The molecule has 0 fully saturated rings. The highest BCUT2D eigenvalue weighted by atomic mass is 16.4. The summed E-state index contributed by atoms with van der Waals surface area (Å²) in [6.07, 6.45) is 2.31. The quantitative estimate of drug-likeness (QED) is 0.639. The SMILES string of the molecule is CCCC(C)CNC(C)C(=O)O. The van der Waals surface area contributed by atoms with Crippen molar-refractivity contribution < 1.29 is 9.90 Å². The molecule has 0 amide bonds. The fraction of sp³-hybridized carbons (Fsp3) is 0.889. The highest BCUT2D eigenvalue weighted by Gasteiger charge is 2.10. The molecule has 0 aromatic carbocycles. The standard InChI is InChI=1S/C9H19NO2/c1-4-5-7(2)6-10-8(3)9(11)12/h7-8,10H,4-6H2,1-3H3,(H,11,12). The number of carbonyl (C=O) groups is 1. The van der Waals surface area contributed by atoms with Crippen molar-refractivity contribution in [3.63, 3.8) is 0 Å². The molecular weight excluding hydrogens is 154 g/mol. The summed E-state index contributed by atoms with van der Waals surface area (Å²) in [5, 5.41) is 11.5. The van der Waals surface area contributed by atoms with Gasteiger partial charge in [-0.05, 0) is 25.8 Å². The lowest BCUT2D eigenvalue weighted by Gasteiger charge is -2.13. The molecule has 0 bridgehead atoms. The zero-order chi connectivity index (χ0) is 9.56. The Morgan fingerprint density at radius 1 is 1.50 bits per heavy atom. The number of nitrogens with one attached hydrogen (secondary N) is 1. The Bertz CT molecular complexity index is 136. The van der Waals surface area contributed by atoms with Crippen LogP contribution < -0.4 is 5.32 Å². The van der Waals surface area contributed by atoms with Crippen molar-refractivity contribution in [3.05, 3.63) is 0 Å². The lowest BCUT2D eigenvalue weighted by atomic mass is 10.1. The second-order valence-electron chi connectivity index (χ2n) is 3.36. The van der Waals surface area contributed by atoms with Crippen LogP contribution in [0.4, 0.5) is 0 Å². The molecule has 3 nitrogen and oxygen atoms in total. The summed E-state index contributed by atoms with van der Waals surface area (Å²) >= 11 is 0. The Balaban J connectivity index is 3.46. The fourth-order valence-electron chi connectivity index (χ4n) is 1.06. The number of carboxylic acid groups (broad SMARTS) is 1. The predicted molar refractivity (Wildman–Crippen MR) is 49.2 cm³/mol. The highest BCUT2D eigenvalue weighted by Crippen LogP contribution is 2.02. The van der Waals surface area contributed by atoms with Gasteiger partial charge in [-0.2, -0.15) is 0 Å². The summed E-state index contributed by atoms with van der Waals surface area (Å²) in [4.78, 5) is 10.4. The third-order valence-electron chi connectivity index (χ3n) is 1.92. The lowest BCUT2D eigenvalue weighted by Crippen LogP contribution is -2.36. The Morgan fingerprint density at radius 3 is 2.50 bits per heavy atom. The molecule has 3 heteroatoms. The molecule has 0 spiro atoms. The Morgan fingerprint density at radius 2 is 2.08 bits per heavy atom. The van der Waals surface area contributed by atoms with E-state index in [9.17, 15) is 4.79 Å². The highest BCUT2D eigenvalue weighted by molar-refractivity contribution is 5.72. The number of aliphatic carboxylic acids is 1. The molecule has 12 heavy (non-hydrogen) atoms. The molecule has 0 radical (unpaired) electrons. The van der Waals surface area contributed by atoms with Crippen LogP contribution >= 0.6 is 0 Å². The molecule has 0 aliphatic heterocycles. The zero-order valence-electron chi connectivity index (χ0n) is 8.13. The Hall–Kier alpha value is -0.570. The van der Waals surface area contributed by atoms with E-state index >= 15 is 0 Å². The molecule has 2 N–H and O–H groups in total. The topological polar surface area (TPSA) is 49.3 Å². The van der Waals surface area contributed by atoms with Crippen molar-refractivity contribution in [2.45, 2.75) is 39.7 Å². The van der Waals surface area contributed by atoms with E-state index in [-0.39, 0.29) is 0 Å². The smallest absolute Gasteiger partial charge is 0.320 e. The summed E-state index contributed by atoms with van der Waals surface area (Å²) in [6, 6.07) is -0.427. The van der Waals surface area contributed by atoms with Crippen LogP contribution in [-0.2, 0) is 4.79 Å². The van der Waals surface area contributed by atoms with Crippen LogP contribution in [0.3, 0.4) is 0 Å². The fourth-order valence-corrected chi connectivity index (χ4v) is 1.06. The van der Waals surface area contributed by atoms with E-state index in [4.69, 9.17) is 5.11 Å². The van der Waals surface area contributed by atoms with Gasteiger partial charge in [0.25, 0.3) is 0 Å². The molecule has 0 saturated carbocycles. The minimum atomic E-state index is -0.779. The first-order valence-electron chi connectivity index (χ1n) is 4.54. The van der Waals surface area contributed by atoms with Gasteiger partial charge < -0.3 is 10.4 Å². The monoisotopic (exact) mass is 173 g/mol. The molecule has 0 aromatic rings. The van der Waals surface area contributed by atoms with Gasteiger partial charge in [-0.3, -0.25) is 4.79 Å². The molecule has 2 atom stereocenters.